The molecule has 2 N–H and O–H groups in total. The van der Waals surface area contributed by atoms with Gasteiger partial charge in [0.2, 0.25) is 0 Å². The summed E-state index contributed by atoms with van der Waals surface area (Å²) in [4.78, 5) is 14.4. The molecule has 2 aliphatic rings. The first-order valence-corrected chi connectivity index (χ1v) is 9.12. The smallest absolute Gasteiger partial charge is 0.407 e. The Morgan fingerprint density at radius 3 is 2.43 bits per heavy atom. The highest BCUT2D eigenvalue weighted by molar-refractivity contribution is 5.67. The van der Waals surface area contributed by atoms with Gasteiger partial charge in [-0.1, -0.05) is 6.42 Å². The van der Waals surface area contributed by atoms with Crippen molar-refractivity contribution in [2.75, 3.05) is 26.7 Å². The Hall–Kier alpha value is -0.810. The molecule has 23 heavy (non-hydrogen) atoms. The van der Waals surface area contributed by atoms with Crippen LogP contribution in [0.15, 0.2) is 0 Å². The van der Waals surface area contributed by atoms with Crippen LogP contribution in [0.2, 0.25) is 0 Å². The predicted molar refractivity (Wildman–Crippen MR) is 93.6 cm³/mol. The fourth-order valence-electron chi connectivity index (χ4n) is 3.39. The maximum absolute atomic E-state index is 11.9. The van der Waals surface area contributed by atoms with E-state index in [1.54, 1.807) is 0 Å². The van der Waals surface area contributed by atoms with Gasteiger partial charge in [-0.25, -0.2) is 4.79 Å². The van der Waals surface area contributed by atoms with E-state index >= 15 is 0 Å². The molecule has 2 fully saturated rings. The topological polar surface area (TPSA) is 53.6 Å². The molecule has 5 heteroatoms. The van der Waals surface area contributed by atoms with Gasteiger partial charge in [0.05, 0.1) is 0 Å². The van der Waals surface area contributed by atoms with E-state index in [2.05, 4.69) is 29.5 Å². The van der Waals surface area contributed by atoms with Crippen LogP contribution in [0.4, 0.5) is 4.79 Å². The number of nitrogens with one attached hydrogen (secondary N) is 2. The van der Waals surface area contributed by atoms with Gasteiger partial charge in [0, 0.05) is 24.7 Å². The van der Waals surface area contributed by atoms with Crippen LogP contribution in [-0.4, -0.2) is 54.9 Å². The van der Waals surface area contributed by atoms with Gasteiger partial charge in [-0.15, -0.1) is 0 Å². The molecule has 1 saturated heterocycles. The lowest BCUT2D eigenvalue weighted by atomic mass is 9.94. The van der Waals surface area contributed by atoms with Gasteiger partial charge in [0.15, 0.2) is 0 Å². The summed E-state index contributed by atoms with van der Waals surface area (Å²) < 4.78 is 5.36. The molecule has 2 rings (SSSR count). The highest BCUT2D eigenvalue weighted by Crippen LogP contribution is 2.39. The Labute approximate surface area is 141 Å². The minimum absolute atomic E-state index is 0.0325. The number of hydrogen-bond donors (Lipinski definition) is 2. The number of carbonyl (C=O) groups excluding carboxylic acids is 1. The first-order valence-electron chi connectivity index (χ1n) is 9.12. The molecule has 0 aromatic heterocycles. The first kappa shape index (κ1) is 18.5. The molecule has 5 nitrogen and oxygen atoms in total. The van der Waals surface area contributed by atoms with Crippen molar-refractivity contribution in [3.05, 3.63) is 0 Å². The van der Waals surface area contributed by atoms with Crippen LogP contribution in [0.3, 0.4) is 0 Å². The predicted octanol–water partition coefficient (Wildman–Crippen LogP) is 2.75. The van der Waals surface area contributed by atoms with Crippen molar-refractivity contribution in [3.8, 4) is 0 Å². The van der Waals surface area contributed by atoms with Crippen molar-refractivity contribution in [3.63, 3.8) is 0 Å². The number of carbonyl (C=O) groups is 1. The normalized spacial score (nSPS) is 25.7. The van der Waals surface area contributed by atoms with Gasteiger partial charge in [-0.05, 0) is 72.9 Å². The van der Waals surface area contributed by atoms with Crippen molar-refractivity contribution in [2.24, 2.45) is 5.92 Å². The lowest BCUT2D eigenvalue weighted by molar-refractivity contribution is 0.0505. The number of rotatable bonds is 6. The van der Waals surface area contributed by atoms with Crippen LogP contribution in [-0.2, 0) is 4.74 Å². The third kappa shape index (κ3) is 5.96. The molecule has 1 saturated carbocycles. The second-order valence-corrected chi connectivity index (χ2v) is 8.56. The second kappa shape index (κ2) is 7.39. The molecule has 0 aromatic rings. The van der Waals surface area contributed by atoms with Crippen LogP contribution >= 0.6 is 0 Å². The molecule has 2 unspecified atom stereocenters. The molecule has 0 spiro atoms. The maximum Gasteiger partial charge on any atom is 0.407 e. The van der Waals surface area contributed by atoms with Gasteiger partial charge < -0.3 is 20.3 Å². The van der Waals surface area contributed by atoms with E-state index in [0.717, 1.165) is 6.54 Å². The minimum Gasteiger partial charge on any atom is -0.444 e. The average molecular weight is 325 g/mol. The number of piperidine rings is 1. The molecule has 1 heterocycles. The Morgan fingerprint density at radius 2 is 1.87 bits per heavy atom. The standard InChI is InChI=1S/C18H35N3O2/c1-17(2,3)23-16(22)19-13-18(4,14-9-10-14)20-12-15-8-6-7-11-21(15)5/h14-15,20H,6-13H2,1-5H3,(H,19,22). The van der Waals surface area contributed by atoms with E-state index in [-0.39, 0.29) is 11.6 Å². The number of alkyl carbamates (subject to hydrolysis) is 1. The summed E-state index contributed by atoms with van der Waals surface area (Å²) >= 11 is 0. The number of hydrogen-bond acceptors (Lipinski definition) is 4. The molecule has 0 radical (unpaired) electrons. The zero-order chi connectivity index (χ0) is 17.1. The lowest BCUT2D eigenvalue weighted by Crippen LogP contribution is -2.57. The minimum atomic E-state index is -0.446. The molecule has 134 valence electrons. The summed E-state index contributed by atoms with van der Waals surface area (Å²) in [6.07, 6.45) is 6.09. The number of ether oxygens (including phenoxy) is 1. The third-order valence-corrected chi connectivity index (χ3v) is 5.14. The van der Waals surface area contributed by atoms with Crippen LogP contribution in [0.1, 0.15) is 59.8 Å². The Bertz CT molecular complexity index is 404. The summed E-state index contributed by atoms with van der Waals surface area (Å²) in [6.45, 7) is 10.7. The molecule has 1 aliphatic heterocycles. The first-order chi connectivity index (χ1) is 10.7. The molecule has 1 aliphatic carbocycles. The van der Waals surface area contributed by atoms with Crippen molar-refractivity contribution in [2.45, 2.75) is 77.0 Å². The summed E-state index contributed by atoms with van der Waals surface area (Å²) in [5.41, 5.74) is -0.479. The summed E-state index contributed by atoms with van der Waals surface area (Å²) in [5.74, 6) is 0.659. The third-order valence-electron chi connectivity index (χ3n) is 5.14. The van der Waals surface area contributed by atoms with Crippen molar-refractivity contribution >= 4 is 6.09 Å². The van der Waals surface area contributed by atoms with Crippen molar-refractivity contribution in [1.82, 2.24) is 15.5 Å². The molecule has 2 atom stereocenters. The number of likely N-dealkylation sites (N-methyl/N-ethyl adjacent to an activating group) is 1. The quantitative estimate of drug-likeness (QED) is 0.788. The molecule has 0 aromatic carbocycles. The van der Waals surface area contributed by atoms with E-state index in [1.807, 2.05) is 20.8 Å². The highest BCUT2D eigenvalue weighted by Gasteiger charge is 2.42. The molecule has 1 amide bonds. The fraction of sp³-hybridized carbons (Fsp3) is 0.944. The van der Waals surface area contributed by atoms with Crippen molar-refractivity contribution < 1.29 is 9.53 Å². The molecular weight excluding hydrogens is 290 g/mol. The van der Waals surface area contributed by atoms with Crippen LogP contribution in [0.25, 0.3) is 0 Å². The fourth-order valence-corrected chi connectivity index (χ4v) is 3.39. The summed E-state index contributed by atoms with van der Waals surface area (Å²) in [6, 6.07) is 0.614. The van der Waals surface area contributed by atoms with Gasteiger partial charge in [0.25, 0.3) is 0 Å². The second-order valence-electron chi connectivity index (χ2n) is 8.56. The van der Waals surface area contributed by atoms with Gasteiger partial charge >= 0.3 is 6.09 Å². The monoisotopic (exact) mass is 325 g/mol. The van der Waals surface area contributed by atoms with E-state index in [4.69, 9.17) is 4.74 Å². The van der Waals surface area contributed by atoms with E-state index < -0.39 is 5.60 Å². The largest absolute Gasteiger partial charge is 0.444 e. The highest BCUT2D eigenvalue weighted by atomic mass is 16.6. The van der Waals surface area contributed by atoms with E-state index in [1.165, 1.54) is 38.6 Å². The molecule has 0 bridgehead atoms. The zero-order valence-corrected chi connectivity index (χ0v) is 15.6. The van der Waals surface area contributed by atoms with Crippen LogP contribution in [0.5, 0.6) is 0 Å². The van der Waals surface area contributed by atoms with Crippen LogP contribution in [0, 0.1) is 5.92 Å². The lowest BCUT2D eigenvalue weighted by Gasteiger charge is -2.38. The zero-order valence-electron chi connectivity index (χ0n) is 15.6. The number of likely N-dealkylation sites (tertiary alicyclic amines) is 1. The average Bonchev–Trinajstić information content (AvgIpc) is 3.27. The molecular formula is C18H35N3O2. The maximum atomic E-state index is 11.9. The van der Waals surface area contributed by atoms with E-state index in [9.17, 15) is 4.79 Å². The summed E-state index contributed by atoms with van der Waals surface area (Å²) in [5, 5.41) is 6.73. The van der Waals surface area contributed by atoms with E-state index in [0.29, 0.717) is 18.5 Å². The number of amides is 1. The number of nitrogens with zero attached hydrogens (tertiary/aromatic N) is 1. The SMILES string of the molecule is CN1CCCCC1CNC(C)(CNC(=O)OC(C)(C)C)C1CC1. The Morgan fingerprint density at radius 1 is 1.17 bits per heavy atom. The summed E-state index contributed by atoms with van der Waals surface area (Å²) in [7, 11) is 2.22. The Kier molecular flexibility index (Phi) is 5.95. The Balaban J connectivity index is 1.82. The van der Waals surface area contributed by atoms with Gasteiger partial charge in [-0.3, -0.25) is 0 Å². The van der Waals surface area contributed by atoms with Crippen molar-refractivity contribution in [1.29, 1.82) is 0 Å². The van der Waals surface area contributed by atoms with Gasteiger partial charge in [-0.2, -0.15) is 0 Å². The van der Waals surface area contributed by atoms with Crippen LogP contribution < -0.4 is 10.6 Å². The van der Waals surface area contributed by atoms with Gasteiger partial charge in [0.1, 0.15) is 5.60 Å².